The Morgan fingerprint density at radius 2 is 1.79 bits per heavy atom. The Morgan fingerprint density at radius 3 is 2.38 bits per heavy atom. The van der Waals surface area contributed by atoms with E-state index in [4.69, 9.17) is 5.26 Å². The molecule has 34 heavy (non-hydrogen) atoms. The molecule has 2 saturated heterocycles. The van der Waals surface area contributed by atoms with Crippen molar-refractivity contribution in [3.63, 3.8) is 0 Å². The van der Waals surface area contributed by atoms with E-state index in [9.17, 15) is 18.3 Å². The first-order valence-corrected chi connectivity index (χ1v) is 12.8. The number of piperazine rings is 1. The summed E-state index contributed by atoms with van der Waals surface area (Å²) in [6, 6.07) is 14.2. The Balaban J connectivity index is 1.56. The van der Waals surface area contributed by atoms with E-state index in [-0.39, 0.29) is 23.3 Å². The van der Waals surface area contributed by atoms with Gasteiger partial charge in [0.15, 0.2) is 0 Å². The number of hydrogen-bond donors (Lipinski definition) is 2. The van der Waals surface area contributed by atoms with Crippen LogP contribution in [0.5, 0.6) is 0 Å². The zero-order valence-corrected chi connectivity index (χ0v) is 20.0. The van der Waals surface area contributed by atoms with E-state index in [0.29, 0.717) is 56.1 Å². The largest absolute Gasteiger partial charge is 0.396 e. The van der Waals surface area contributed by atoms with E-state index < -0.39 is 10.0 Å². The van der Waals surface area contributed by atoms with Gasteiger partial charge in [0.1, 0.15) is 0 Å². The molecule has 2 aliphatic heterocycles. The highest BCUT2D eigenvalue weighted by Gasteiger charge is 2.30. The molecule has 0 radical (unpaired) electrons. The Kier molecular flexibility index (Phi) is 7.07. The molecule has 1 unspecified atom stereocenters. The number of nitriles is 1. The summed E-state index contributed by atoms with van der Waals surface area (Å²) in [5.74, 6) is -0.0604. The standard InChI is InChI=1S/C24H29N5O4S/c1-26-34(32,33)21-6-7-23(29-9-8-19(16-29)17-30)22(14-21)24(31)28-12-10-27(11-13-28)20-4-2-18(15-25)3-5-20/h2-7,14,19,26,30H,8-13,16-17H2,1H3. The molecule has 0 saturated carbocycles. The van der Waals surface area contributed by atoms with E-state index in [2.05, 4.69) is 20.6 Å². The number of nitrogens with one attached hydrogen (secondary N) is 1. The first-order chi connectivity index (χ1) is 16.4. The molecule has 0 aliphatic carbocycles. The van der Waals surface area contributed by atoms with Gasteiger partial charge in [0.2, 0.25) is 10.0 Å². The Morgan fingerprint density at radius 1 is 1.09 bits per heavy atom. The van der Waals surface area contributed by atoms with Crippen molar-refractivity contribution in [2.45, 2.75) is 11.3 Å². The van der Waals surface area contributed by atoms with Gasteiger partial charge in [0, 0.05) is 63.2 Å². The summed E-state index contributed by atoms with van der Waals surface area (Å²) < 4.78 is 27.2. The summed E-state index contributed by atoms with van der Waals surface area (Å²) in [5.41, 5.74) is 2.67. The van der Waals surface area contributed by atoms with E-state index in [1.54, 1.807) is 23.1 Å². The minimum absolute atomic E-state index is 0.0521. The molecular weight excluding hydrogens is 454 g/mol. The highest BCUT2D eigenvalue weighted by atomic mass is 32.2. The molecule has 2 aromatic rings. The molecule has 4 rings (SSSR count). The van der Waals surface area contributed by atoms with E-state index >= 15 is 0 Å². The van der Waals surface area contributed by atoms with Crippen LogP contribution in [-0.4, -0.2) is 77.3 Å². The number of benzene rings is 2. The van der Waals surface area contributed by atoms with E-state index in [1.807, 2.05) is 12.1 Å². The van der Waals surface area contributed by atoms with Gasteiger partial charge in [-0.05, 0) is 55.9 Å². The van der Waals surface area contributed by atoms with Gasteiger partial charge in [-0.25, -0.2) is 13.1 Å². The third-order valence-electron chi connectivity index (χ3n) is 6.59. The minimum atomic E-state index is -3.70. The maximum atomic E-state index is 13.6. The average Bonchev–Trinajstić information content (AvgIpc) is 3.37. The molecule has 2 heterocycles. The van der Waals surface area contributed by atoms with Crippen molar-refractivity contribution in [3.05, 3.63) is 53.6 Å². The zero-order chi connectivity index (χ0) is 24.3. The number of carbonyl (C=O) groups is 1. The average molecular weight is 484 g/mol. The van der Waals surface area contributed by atoms with Crippen LogP contribution in [0.25, 0.3) is 0 Å². The fraction of sp³-hybridized carbons (Fsp3) is 0.417. The lowest BCUT2D eigenvalue weighted by atomic mass is 10.1. The SMILES string of the molecule is CNS(=O)(=O)c1ccc(N2CCC(CO)C2)c(C(=O)N2CCN(c3ccc(C#N)cc3)CC2)c1. The van der Waals surface area contributed by atoms with E-state index in [1.165, 1.54) is 19.2 Å². The molecule has 2 fully saturated rings. The fourth-order valence-electron chi connectivity index (χ4n) is 4.53. The quantitative estimate of drug-likeness (QED) is 0.635. The molecule has 0 bridgehead atoms. The van der Waals surface area contributed by atoms with Gasteiger partial charge in [-0.1, -0.05) is 0 Å². The summed E-state index contributed by atoms with van der Waals surface area (Å²) in [6.45, 7) is 3.69. The number of amides is 1. The van der Waals surface area contributed by atoms with Crippen LogP contribution in [0.1, 0.15) is 22.3 Å². The predicted molar refractivity (Wildman–Crippen MR) is 129 cm³/mol. The van der Waals surface area contributed by atoms with Crippen LogP contribution in [0.3, 0.4) is 0 Å². The van der Waals surface area contributed by atoms with Crippen LogP contribution in [0.4, 0.5) is 11.4 Å². The van der Waals surface area contributed by atoms with Crippen LogP contribution in [0, 0.1) is 17.2 Å². The lowest BCUT2D eigenvalue weighted by Crippen LogP contribution is -2.49. The summed E-state index contributed by atoms with van der Waals surface area (Å²) in [4.78, 5) is 19.6. The topological polar surface area (TPSA) is 117 Å². The first-order valence-electron chi connectivity index (χ1n) is 11.3. The van der Waals surface area contributed by atoms with Crippen molar-refractivity contribution in [3.8, 4) is 6.07 Å². The maximum Gasteiger partial charge on any atom is 0.256 e. The highest BCUT2D eigenvalue weighted by molar-refractivity contribution is 7.89. The van der Waals surface area contributed by atoms with Crippen molar-refractivity contribution in [1.82, 2.24) is 9.62 Å². The number of aliphatic hydroxyl groups excluding tert-OH is 1. The number of aliphatic hydroxyl groups is 1. The summed E-state index contributed by atoms with van der Waals surface area (Å²) in [5, 5.41) is 18.5. The number of rotatable bonds is 6. The molecule has 2 aromatic carbocycles. The number of carbonyl (C=O) groups excluding carboxylic acids is 1. The molecular formula is C24H29N5O4S. The van der Waals surface area contributed by atoms with Crippen molar-refractivity contribution in [1.29, 1.82) is 5.26 Å². The summed E-state index contributed by atoms with van der Waals surface area (Å²) >= 11 is 0. The smallest absolute Gasteiger partial charge is 0.256 e. The van der Waals surface area contributed by atoms with Crippen molar-refractivity contribution in [2.75, 3.05) is 62.7 Å². The molecule has 10 heteroatoms. The fourth-order valence-corrected chi connectivity index (χ4v) is 5.29. The number of nitrogens with zero attached hydrogens (tertiary/aromatic N) is 4. The second-order valence-electron chi connectivity index (χ2n) is 8.61. The second kappa shape index (κ2) is 10.0. The Hall–Kier alpha value is -3.13. The zero-order valence-electron chi connectivity index (χ0n) is 19.1. The van der Waals surface area contributed by atoms with Crippen molar-refractivity contribution in [2.24, 2.45) is 5.92 Å². The molecule has 2 aliphatic rings. The van der Waals surface area contributed by atoms with Gasteiger partial charge < -0.3 is 19.8 Å². The predicted octanol–water partition coefficient (Wildman–Crippen LogP) is 1.25. The first kappa shape index (κ1) is 24.0. The van der Waals surface area contributed by atoms with Gasteiger partial charge in [-0.2, -0.15) is 5.26 Å². The van der Waals surface area contributed by atoms with Crippen molar-refractivity contribution < 1.29 is 18.3 Å². The third-order valence-corrected chi connectivity index (χ3v) is 8.00. The van der Waals surface area contributed by atoms with Gasteiger partial charge >= 0.3 is 0 Å². The summed E-state index contributed by atoms with van der Waals surface area (Å²) in [7, 11) is -2.35. The van der Waals surface area contributed by atoms with Gasteiger partial charge in [-0.15, -0.1) is 0 Å². The Bertz CT molecular complexity index is 1180. The minimum Gasteiger partial charge on any atom is -0.396 e. The molecule has 9 nitrogen and oxygen atoms in total. The van der Waals surface area contributed by atoms with Crippen LogP contribution in [0.2, 0.25) is 0 Å². The molecule has 1 amide bonds. The number of hydrogen-bond acceptors (Lipinski definition) is 7. The lowest BCUT2D eigenvalue weighted by Gasteiger charge is -2.36. The van der Waals surface area contributed by atoms with Gasteiger partial charge in [0.25, 0.3) is 5.91 Å². The van der Waals surface area contributed by atoms with E-state index in [0.717, 1.165) is 12.1 Å². The van der Waals surface area contributed by atoms with Crippen LogP contribution in [0.15, 0.2) is 47.4 Å². The number of sulfonamides is 1. The molecule has 0 aromatic heterocycles. The molecule has 1 atom stereocenters. The van der Waals surface area contributed by atoms with Crippen LogP contribution >= 0.6 is 0 Å². The van der Waals surface area contributed by atoms with Crippen LogP contribution in [-0.2, 0) is 10.0 Å². The third kappa shape index (κ3) is 4.87. The molecule has 2 N–H and O–H groups in total. The van der Waals surface area contributed by atoms with Gasteiger partial charge in [0.05, 0.1) is 22.1 Å². The molecule has 180 valence electrons. The van der Waals surface area contributed by atoms with Crippen LogP contribution < -0.4 is 14.5 Å². The van der Waals surface area contributed by atoms with Gasteiger partial charge in [-0.3, -0.25) is 4.79 Å². The Labute approximate surface area is 200 Å². The summed E-state index contributed by atoms with van der Waals surface area (Å²) in [6.07, 6.45) is 0.823. The highest BCUT2D eigenvalue weighted by Crippen LogP contribution is 2.30. The molecule has 0 spiro atoms. The lowest BCUT2D eigenvalue weighted by molar-refractivity contribution is 0.0747. The monoisotopic (exact) mass is 483 g/mol. The number of anilines is 2. The van der Waals surface area contributed by atoms with Crippen molar-refractivity contribution >= 4 is 27.3 Å². The second-order valence-corrected chi connectivity index (χ2v) is 10.5. The maximum absolute atomic E-state index is 13.6. The normalized spacial score (nSPS) is 18.7.